The standard InChI is InChI=1S/C25H20N4O3/c30-25(18-10-2-1-3-11-18)23(20-13-6-8-16-26-20)24(28-22-15-7-9-17-27-22)19-12-4-5-14-21(19)29(31)32/h1-17,23-24H,(H,27,28)/t23-,24+/m0/s1. The van der Waals surface area contributed by atoms with Crippen LogP contribution in [0.4, 0.5) is 11.5 Å². The van der Waals surface area contributed by atoms with Crippen molar-refractivity contribution in [1.29, 1.82) is 0 Å². The van der Waals surface area contributed by atoms with Gasteiger partial charge in [0.15, 0.2) is 5.78 Å². The fourth-order valence-corrected chi connectivity index (χ4v) is 3.66. The summed E-state index contributed by atoms with van der Waals surface area (Å²) in [6.07, 6.45) is 3.23. The topological polar surface area (TPSA) is 98.0 Å². The molecule has 4 aromatic rings. The number of nitrogens with zero attached hydrogens (tertiary/aromatic N) is 3. The van der Waals surface area contributed by atoms with Crippen LogP contribution in [-0.2, 0) is 0 Å². The SMILES string of the molecule is O=C(c1ccccc1)[C@@H](c1ccccn1)[C@H](Nc1ccccn1)c1ccccc1[N+](=O)[O-]. The van der Waals surface area contributed by atoms with Crippen molar-refractivity contribution in [1.82, 2.24) is 9.97 Å². The zero-order chi connectivity index (χ0) is 22.3. The van der Waals surface area contributed by atoms with E-state index >= 15 is 0 Å². The lowest BCUT2D eigenvalue weighted by Gasteiger charge is -2.27. The predicted molar refractivity (Wildman–Crippen MR) is 121 cm³/mol. The molecule has 2 atom stereocenters. The van der Waals surface area contributed by atoms with E-state index < -0.39 is 16.9 Å². The highest BCUT2D eigenvalue weighted by Crippen LogP contribution is 2.39. The summed E-state index contributed by atoms with van der Waals surface area (Å²) in [6, 6.07) is 25.2. The molecular weight excluding hydrogens is 404 g/mol. The molecule has 0 aliphatic heterocycles. The smallest absolute Gasteiger partial charge is 0.274 e. The van der Waals surface area contributed by atoms with E-state index in [0.717, 1.165) is 0 Å². The highest BCUT2D eigenvalue weighted by atomic mass is 16.6. The molecule has 0 aliphatic carbocycles. The van der Waals surface area contributed by atoms with Crippen molar-refractivity contribution in [2.45, 2.75) is 12.0 Å². The lowest BCUT2D eigenvalue weighted by Crippen LogP contribution is -2.28. The van der Waals surface area contributed by atoms with E-state index in [2.05, 4.69) is 15.3 Å². The Bertz CT molecular complexity index is 1200. The molecule has 1 N–H and O–H groups in total. The molecule has 158 valence electrons. The molecule has 0 bridgehead atoms. The van der Waals surface area contributed by atoms with Crippen molar-refractivity contribution >= 4 is 17.3 Å². The third-order valence-corrected chi connectivity index (χ3v) is 5.12. The van der Waals surface area contributed by atoms with Gasteiger partial charge in [0.05, 0.1) is 28.1 Å². The molecule has 2 aromatic carbocycles. The van der Waals surface area contributed by atoms with Crippen molar-refractivity contribution in [3.8, 4) is 0 Å². The molecule has 2 aromatic heterocycles. The Kier molecular flexibility index (Phi) is 6.27. The third-order valence-electron chi connectivity index (χ3n) is 5.12. The summed E-state index contributed by atoms with van der Waals surface area (Å²) < 4.78 is 0. The van der Waals surface area contributed by atoms with Crippen LogP contribution in [-0.4, -0.2) is 20.7 Å². The number of pyridine rings is 2. The lowest BCUT2D eigenvalue weighted by molar-refractivity contribution is -0.385. The van der Waals surface area contributed by atoms with Crippen LogP contribution in [0.1, 0.15) is 33.6 Å². The Hall–Kier alpha value is -4.39. The first-order valence-corrected chi connectivity index (χ1v) is 10.1. The number of ketones is 1. The van der Waals surface area contributed by atoms with Gasteiger partial charge in [0.25, 0.3) is 5.69 Å². The van der Waals surface area contributed by atoms with Gasteiger partial charge < -0.3 is 5.32 Å². The summed E-state index contributed by atoms with van der Waals surface area (Å²) in [5.41, 5.74) is 1.30. The van der Waals surface area contributed by atoms with Gasteiger partial charge in [-0.25, -0.2) is 4.98 Å². The second-order valence-electron chi connectivity index (χ2n) is 7.12. The number of carbonyl (C=O) groups excluding carboxylic acids is 1. The number of nitrogens with one attached hydrogen (secondary N) is 1. The fraction of sp³-hybridized carbons (Fsp3) is 0.0800. The summed E-state index contributed by atoms with van der Waals surface area (Å²) in [5.74, 6) is -0.532. The zero-order valence-electron chi connectivity index (χ0n) is 17.0. The molecule has 7 nitrogen and oxygen atoms in total. The highest BCUT2D eigenvalue weighted by Gasteiger charge is 2.36. The van der Waals surface area contributed by atoms with Gasteiger partial charge in [-0.1, -0.05) is 60.7 Å². The number of rotatable bonds is 8. The van der Waals surface area contributed by atoms with E-state index in [-0.39, 0.29) is 11.5 Å². The van der Waals surface area contributed by atoms with Gasteiger partial charge >= 0.3 is 0 Å². The monoisotopic (exact) mass is 424 g/mol. The van der Waals surface area contributed by atoms with Crippen molar-refractivity contribution in [3.63, 3.8) is 0 Å². The Labute approximate surface area is 185 Å². The van der Waals surface area contributed by atoms with Gasteiger partial charge in [-0.15, -0.1) is 0 Å². The minimum Gasteiger partial charge on any atom is -0.362 e. The Morgan fingerprint density at radius 3 is 2.12 bits per heavy atom. The molecule has 7 heteroatoms. The highest BCUT2D eigenvalue weighted by molar-refractivity contribution is 6.01. The molecule has 0 radical (unpaired) electrons. The first-order chi connectivity index (χ1) is 15.6. The summed E-state index contributed by atoms with van der Waals surface area (Å²) in [4.78, 5) is 33.9. The van der Waals surface area contributed by atoms with Crippen LogP contribution in [0, 0.1) is 10.1 Å². The molecule has 0 saturated carbocycles. The van der Waals surface area contributed by atoms with Crippen LogP contribution in [0.2, 0.25) is 0 Å². The van der Waals surface area contributed by atoms with Gasteiger partial charge in [0.2, 0.25) is 0 Å². The summed E-state index contributed by atoms with van der Waals surface area (Å²) in [5, 5.41) is 15.1. The molecule has 0 aliphatic rings. The van der Waals surface area contributed by atoms with Crippen molar-refractivity contribution in [2.75, 3.05) is 5.32 Å². The minimum atomic E-state index is -0.832. The quantitative estimate of drug-likeness (QED) is 0.237. The van der Waals surface area contributed by atoms with Gasteiger partial charge in [-0.3, -0.25) is 19.9 Å². The first kappa shape index (κ1) is 20.9. The molecule has 0 unspecified atom stereocenters. The first-order valence-electron chi connectivity index (χ1n) is 10.1. The maximum atomic E-state index is 13.8. The van der Waals surface area contributed by atoms with Crippen molar-refractivity contribution < 1.29 is 9.72 Å². The summed E-state index contributed by atoms with van der Waals surface area (Å²) >= 11 is 0. The predicted octanol–water partition coefficient (Wildman–Crippen LogP) is 5.20. The third kappa shape index (κ3) is 4.52. The van der Waals surface area contributed by atoms with Gasteiger partial charge in [-0.05, 0) is 24.3 Å². The zero-order valence-corrected chi connectivity index (χ0v) is 17.0. The van der Waals surface area contributed by atoms with Gasteiger partial charge in [-0.2, -0.15) is 0 Å². The van der Waals surface area contributed by atoms with Gasteiger partial charge in [0.1, 0.15) is 5.82 Å². The second kappa shape index (κ2) is 9.61. The molecule has 0 spiro atoms. The van der Waals surface area contributed by atoms with Crippen LogP contribution < -0.4 is 5.32 Å². The molecule has 0 fully saturated rings. The molecule has 0 amide bonds. The van der Waals surface area contributed by atoms with E-state index in [1.807, 2.05) is 6.07 Å². The molecular formula is C25H20N4O3. The van der Waals surface area contributed by atoms with Crippen LogP contribution in [0.3, 0.4) is 0 Å². The molecule has 32 heavy (non-hydrogen) atoms. The van der Waals surface area contributed by atoms with Crippen LogP contribution >= 0.6 is 0 Å². The van der Waals surface area contributed by atoms with E-state index in [1.54, 1.807) is 91.3 Å². The van der Waals surface area contributed by atoms with Crippen LogP contribution in [0.5, 0.6) is 0 Å². The minimum absolute atomic E-state index is 0.0808. The number of benzene rings is 2. The number of Topliss-reactive ketones (excluding diaryl/α,β-unsaturated/α-hetero) is 1. The number of anilines is 1. The molecule has 4 rings (SSSR count). The lowest BCUT2D eigenvalue weighted by atomic mass is 9.83. The largest absolute Gasteiger partial charge is 0.362 e. The average Bonchev–Trinajstić information content (AvgIpc) is 2.85. The number of hydrogen-bond donors (Lipinski definition) is 1. The maximum Gasteiger partial charge on any atom is 0.274 e. The number of nitro benzene ring substituents is 1. The number of aromatic nitrogens is 2. The Morgan fingerprint density at radius 1 is 0.812 bits per heavy atom. The van der Waals surface area contributed by atoms with Crippen LogP contribution in [0.25, 0.3) is 0 Å². The second-order valence-corrected chi connectivity index (χ2v) is 7.12. The van der Waals surface area contributed by atoms with E-state index in [9.17, 15) is 14.9 Å². The van der Waals surface area contributed by atoms with E-state index in [1.165, 1.54) is 6.07 Å². The fourth-order valence-electron chi connectivity index (χ4n) is 3.66. The Morgan fingerprint density at radius 2 is 1.47 bits per heavy atom. The number of nitro groups is 1. The maximum absolute atomic E-state index is 13.8. The van der Waals surface area contributed by atoms with E-state index in [4.69, 9.17) is 0 Å². The normalized spacial score (nSPS) is 12.5. The van der Waals surface area contributed by atoms with Crippen molar-refractivity contribution in [3.05, 3.63) is 130 Å². The molecule has 0 saturated heterocycles. The van der Waals surface area contributed by atoms with Gasteiger partial charge in [0, 0.05) is 24.0 Å². The summed E-state index contributed by atoms with van der Waals surface area (Å²) in [6.45, 7) is 0. The van der Waals surface area contributed by atoms with Crippen molar-refractivity contribution in [2.24, 2.45) is 0 Å². The van der Waals surface area contributed by atoms with E-state index in [0.29, 0.717) is 22.6 Å². The van der Waals surface area contributed by atoms with Crippen LogP contribution in [0.15, 0.2) is 103 Å². The number of hydrogen-bond acceptors (Lipinski definition) is 6. The molecule has 2 heterocycles. The average molecular weight is 424 g/mol. The number of para-hydroxylation sites is 1. The summed E-state index contributed by atoms with van der Waals surface area (Å²) in [7, 11) is 0. The number of carbonyl (C=O) groups is 1. The Balaban J connectivity index is 1.91.